The Balaban J connectivity index is 1.51. The highest BCUT2D eigenvalue weighted by atomic mass is 32.2. The van der Waals surface area contributed by atoms with Gasteiger partial charge in [0.25, 0.3) is 0 Å². The van der Waals surface area contributed by atoms with E-state index in [1.807, 2.05) is 67.2 Å². The normalized spacial score (nSPS) is 21.6. The van der Waals surface area contributed by atoms with Crippen molar-refractivity contribution in [1.82, 2.24) is 20.2 Å². The molecule has 0 radical (unpaired) electrons. The summed E-state index contributed by atoms with van der Waals surface area (Å²) in [6.07, 6.45) is 7.92. The third-order valence-electron chi connectivity index (χ3n) is 7.60. The zero-order valence-electron chi connectivity index (χ0n) is 25.2. The number of nitrogens with one attached hydrogen (secondary N) is 1. The molecule has 2 fully saturated rings. The van der Waals surface area contributed by atoms with Crippen molar-refractivity contribution in [3.63, 3.8) is 0 Å². The van der Waals surface area contributed by atoms with Gasteiger partial charge in [-0.15, -0.1) is 0 Å². The second-order valence-electron chi connectivity index (χ2n) is 12.9. The SMILES string of the molecule is CC(C)[C@@H](NC(=O)OC(C)(C)C)C(=O)N1CCCC[C@H]1CCCSc1ncc(B2OC(C)(C)C(C)(C)O2)cn1. The molecule has 11 heteroatoms. The monoisotopic (exact) mass is 562 g/mol. The molecule has 3 rings (SSSR count). The molecule has 0 bridgehead atoms. The number of thioether (sulfide) groups is 1. The number of likely N-dealkylation sites (tertiary alicyclic amines) is 1. The van der Waals surface area contributed by atoms with Crippen LogP contribution in [-0.4, -0.2) is 75.2 Å². The van der Waals surface area contributed by atoms with Crippen molar-refractivity contribution in [3.8, 4) is 0 Å². The molecule has 3 heterocycles. The number of piperidine rings is 1. The Morgan fingerprint density at radius 2 is 1.77 bits per heavy atom. The van der Waals surface area contributed by atoms with E-state index in [2.05, 4.69) is 15.3 Å². The number of nitrogens with zero attached hydrogens (tertiary/aromatic N) is 3. The van der Waals surface area contributed by atoms with Crippen molar-refractivity contribution in [2.45, 2.75) is 128 Å². The quantitative estimate of drug-likeness (QED) is 0.202. The lowest BCUT2D eigenvalue weighted by Gasteiger charge is -2.39. The molecule has 0 aromatic carbocycles. The molecule has 218 valence electrons. The maximum absolute atomic E-state index is 13.5. The minimum absolute atomic E-state index is 0.0187. The predicted octanol–water partition coefficient (Wildman–Crippen LogP) is 4.58. The molecule has 2 aliphatic rings. The first-order valence-corrected chi connectivity index (χ1v) is 15.2. The van der Waals surface area contributed by atoms with Crippen LogP contribution in [0.1, 0.15) is 94.4 Å². The predicted molar refractivity (Wildman–Crippen MR) is 155 cm³/mol. The second-order valence-corrected chi connectivity index (χ2v) is 14.0. The summed E-state index contributed by atoms with van der Waals surface area (Å²) in [5, 5.41) is 3.54. The van der Waals surface area contributed by atoms with Crippen LogP contribution in [0.2, 0.25) is 0 Å². The molecule has 2 saturated heterocycles. The third-order valence-corrected chi connectivity index (χ3v) is 8.56. The number of aromatic nitrogens is 2. The smallest absolute Gasteiger partial charge is 0.444 e. The van der Waals surface area contributed by atoms with E-state index >= 15 is 0 Å². The van der Waals surface area contributed by atoms with Crippen LogP contribution in [0.15, 0.2) is 17.6 Å². The van der Waals surface area contributed by atoms with Gasteiger partial charge in [0, 0.05) is 36.2 Å². The van der Waals surface area contributed by atoms with E-state index in [0.29, 0.717) is 5.16 Å². The summed E-state index contributed by atoms with van der Waals surface area (Å²) in [6.45, 7) is 18.2. The molecule has 2 aliphatic heterocycles. The van der Waals surface area contributed by atoms with Gasteiger partial charge in [-0.2, -0.15) is 0 Å². The van der Waals surface area contributed by atoms with Crippen molar-refractivity contribution in [1.29, 1.82) is 0 Å². The molecule has 39 heavy (non-hydrogen) atoms. The highest BCUT2D eigenvalue weighted by molar-refractivity contribution is 7.99. The molecule has 0 aliphatic carbocycles. The summed E-state index contributed by atoms with van der Waals surface area (Å²) >= 11 is 1.61. The van der Waals surface area contributed by atoms with Crippen LogP contribution in [0.3, 0.4) is 0 Å². The van der Waals surface area contributed by atoms with E-state index in [4.69, 9.17) is 14.0 Å². The van der Waals surface area contributed by atoms with E-state index in [1.165, 1.54) is 0 Å². The number of rotatable bonds is 9. The van der Waals surface area contributed by atoms with E-state index in [1.54, 1.807) is 24.2 Å². The molecule has 1 aromatic heterocycles. The first-order valence-electron chi connectivity index (χ1n) is 14.2. The van der Waals surface area contributed by atoms with E-state index < -0.39 is 36.1 Å². The van der Waals surface area contributed by atoms with Crippen LogP contribution >= 0.6 is 11.8 Å². The van der Waals surface area contributed by atoms with Crippen molar-refractivity contribution in [2.24, 2.45) is 5.92 Å². The van der Waals surface area contributed by atoms with E-state index in [0.717, 1.165) is 49.9 Å². The lowest BCUT2D eigenvalue weighted by molar-refractivity contribution is -0.138. The summed E-state index contributed by atoms with van der Waals surface area (Å²) in [7, 11) is -0.469. The van der Waals surface area contributed by atoms with Gasteiger partial charge in [0.2, 0.25) is 5.91 Å². The summed E-state index contributed by atoms with van der Waals surface area (Å²) in [6, 6.07) is -0.439. The van der Waals surface area contributed by atoms with Gasteiger partial charge >= 0.3 is 13.2 Å². The Morgan fingerprint density at radius 3 is 2.33 bits per heavy atom. The third kappa shape index (κ3) is 8.57. The molecule has 2 amide bonds. The van der Waals surface area contributed by atoms with Crippen LogP contribution in [-0.2, 0) is 18.8 Å². The molecule has 0 spiro atoms. The van der Waals surface area contributed by atoms with Crippen LogP contribution < -0.4 is 10.8 Å². The molecule has 1 N–H and O–H groups in total. The molecular weight excluding hydrogens is 515 g/mol. The van der Waals surface area contributed by atoms with Gasteiger partial charge in [-0.1, -0.05) is 25.6 Å². The van der Waals surface area contributed by atoms with Gasteiger partial charge < -0.3 is 24.3 Å². The Labute approximate surface area is 239 Å². The van der Waals surface area contributed by atoms with Crippen molar-refractivity contribution in [2.75, 3.05) is 12.3 Å². The van der Waals surface area contributed by atoms with Crippen molar-refractivity contribution >= 4 is 36.3 Å². The molecular formula is C28H47BN4O5S. The Morgan fingerprint density at radius 1 is 1.15 bits per heavy atom. The highest BCUT2D eigenvalue weighted by Gasteiger charge is 2.52. The number of carbonyl (C=O) groups excluding carboxylic acids is 2. The second kappa shape index (κ2) is 12.8. The number of hydrogen-bond donors (Lipinski definition) is 1. The summed E-state index contributed by atoms with van der Waals surface area (Å²) < 4.78 is 17.6. The van der Waals surface area contributed by atoms with Crippen molar-refractivity contribution in [3.05, 3.63) is 12.4 Å². The number of alkyl carbamates (subject to hydrolysis) is 1. The highest BCUT2D eigenvalue weighted by Crippen LogP contribution is 2.36. The maximum Gasteiger partial charge on any atom is 0.498 e. The van der Waals surface area contributed by atoms with Gasteiger partial charge in [-0.25, -0.2) is 14.8 Å². The lowest BCUT2D eigenvalue weighted by atomic mass is 9.81. The minimum atomic E-state index is -0.615. The number of ether oxygens (including phenoxy) is 1. The summed E-state index contributed by atoms with van der Waals surface area (Å²) in [5.41, 5.74) is -0.606. The molecule has 0 unspecified atom stereocenters. The van der Waals surface area contributed by atoms with Gasteiger partial charge in [0.15, 0.2) is 5.16 Å². The van der Waals surface area contributed by atoms with Gasteiger partial charge in [0.05, 0.1) is 11.2 Å². The summed E-state index contributed by atoms with van der Waals surface area (Å²) in [5.74, 6) is 0.799. The fourth-order valence-electron chi connectivity index (χ4n) is 4.70. The Kier molecular flexibility index (Phi) is 10.4. The number of carbonyl (C=O) groups is 2. The molecule has 1 aromatic rings. The Hall–Kier alpha value is -1.85. The first kappa shape index (κ1) is 31.7. The fraction of sp³-hybridized carbons (Fsp3) is 0.786. The first-order chi connectivity index (χ1) is 18.1. The van der Waals surface area contributed by atoms with Crippen LogP contribution in [0, 0.1) is 5.92 Å². The topological polar surface area (TPSA) is 103 Å². The Bertz CT molecular complexity index is 967. The van der Waals surface area contributed by atoms with Crippen LogP contribution in [0.25, 0.3) is 0 Å². The van der Waals surface area contributed by atoms with Crippen molar-refractivity contribution < 1.29 is 23.6 Å². The van der Waals surface area contributed by atoms with Crippen LogP contribution in [0.4, 0.5) is 4.79 Å². The maximum atomic E-state index is 13.5. The van der Waals surface area contributed by atoms with E-state index in [9.17, 15) is 9.59 Å². The summed E-state index contributed by atoms with van der Waals surface area (Å²) in [4.78, 5) is 37.0. The average Bonchev–Trinajstić information content (AvgIpc) is 3.06. The standard InChI is InChI=1S/C28H47BN4O5S/c1-19(2)22(32-25(35)36-26(3,4)5)23(34)33-15-11-10-13-21(33)14-12-16-39-24-30-17-20(18-31-24)29-37-27(6,7)28(8,9)38-29/h17-19,21-22H,10-16H2,1-9H3,(H,32,35)/t21-,22+/m0/s1. The van der Waals surface area contributed by atoms with Gasteiger partial charge in [0.1, 0.15) is 11.6 Å². The minimum Gasteiger partial charge on any atom is -0.444 e. The largest absolute Gasteiger partial charge is 0.498 e. The van der Waals surface area contributed by atoms with Crippen LogP contribution in [0.5, 0.6) is 0 Å². The number of hydrogen-bond acceptors (Lipinski definition) is 8. The molecule has 0 saturated carbocycles. The van der Waals surface area contributed by atoms with Gasteiger partial charge in [-0.05, 0) is 86.5 Å². The molecule has 9 nitrogen and oxygen atoms in total. The zero-order valence-corrected chi connectivity index (χ0v) is 26.0. The number of amides is 2. The van der Waals surface area contributed by atoms with E-state index in [-0.39, 0.29) is 17.9 Å². The zero-order chi connectivity index (χ0) is 29.0. The van der Waals surface area contributed by atoms with Gasteiger partial charge in [-0.3, -0.25) is 4.79 Å². The average molecular weight is 563 g/mol. The fourth-order valence-corrected chi connectivity index (χ4v) is 5.45. The lowest BCUT2D eigenvalue weighted by Crippen LogP contribution is -2.55. The molecule has 2 atom stereocenters.